The number of nitrogens with one attached hydrogen (secondary N) is 1. The normalized spacial score (nSPS) is 18.1. The summed E-state index contributed by atoms with van der Waals surface area (Å²) in [6, 6.07) is 3.01. The zero-order valence-electron chi connectivity index (χ0n) is 14.0. The monoisotopic (exact) mass is 352 g/mol. The highest BCUT2D eigenvalue weighted by atomic mass is 35.5. The molecule has 7 heteroatoms. The molecule has 1 aromatic heterocycles. The van der Waals surface area contributed by atoms with Gasteiger partial charge in [0.1, 0.15) is 11.6 Å². The summed E-state index contributed by atoms with van der Waals surface area (Å²) in [5.41, 5.74) is 0.885. The van der Waals surface area contributed by atoms with E-state index in [4.69, 9.17) is 11.6 Å². The van der Waals surface area contributed by atoms with Gasteiger partial charge in [-0.1, -0.05) is 17.7 Å². The largest absolute Gasteiger partial charge is 0.346 e. The zero-order chi connectivity index (χ0) is 17.3. The lowest BCUT2D eigenvalue weighted by molar-refractivity contribution is 0.431. The lowest BCUT2D eigenvalue weighted by Crippen LogP contribution is -2.31. The highest BCUT2D eigenvalue weighted by Crippen LogP contribution is 2.25. The number of piperidine rings is 1. The van der Waals surface area contributed by atoms with E-state index in [0.717, 1.165) is 37.3 Å². The molecule has 2 heterocycles. The number of hydrogen-bond acceptors (Lipinski definition) is 3. The first kappa shape index (κ1) is 17.2. The van der Waals surface area contributed by atoms with Crippen molar-refractivity contribution < 1.29 is 4.39 Å². The number of rotatable bonds is 4. The van der Waals surface area contributed by atoms with Crippen molar-refractivity contribution in [3.8, 4) is 0 Å². The Balaban J connectivity index is 1.99. The third-order valence-electron chi connectivity index (χ3n) is 4.62. The number of aryl methyl sites for hydroxylation is 1. The molecule has 130 valence electrons. The Morgan fingerprint density at radius 1 is 1.46 bits per heavy atom. The molecular weight excluding hydrogens is 331 g/mol. The summed E-state index contributed by atoms with van der Waals surface area (Å²) in [7, 11) is 0. The van der Waals surface area contributed by atoms with E-state index in [-0.39, 0.29) is 18.2 Å². The van der Waals surface area contributed by atoms with Crippen molar-refractivity contribution in [3.63, 3.8) is 0 Å². The minimum absolute atomic E-state index is 0.0470. The van der Waals surface area contributed by atoms with E-state index in [1.54, 1.807) is 10.6 Å². The van der Waals surface area contributed by atoms with Crippen LogP contribution in [-0.4, -0.2) is 27.4 Å². The summed E-state index contributed by atoms with van der Waals surface area (Å²) < 4.78 is 17.2. The van der Waals surface area contributed by atoms with Gasteiger partial charge in [-0.2, -0.15) is 5.10 Å². The molecule has 3 rings (SSSR count). The van der Waals surface area contributed by atoms with E-state index in [1.165, 1.54) is 10.7 Å². The lowest BCUT2D eigenvalue weighted by Gasteiger charge is -2.21. The second-order valence-corrected chi connectivity index (χ2v) is 6.62. The molecule has 1 atom stereocenters. The predicted octanol–water partition coefficient (Wildman–Crippen LogP) is 2.68. The van der Waals surface area contributed by atoms with Gasteiger partial charge >= 0.3 is 5.69 Å². The molecule has 2 aromatic rings. The SMILES string of the molecule is CCn1c(C2CCCNC2)nn(Cc2c(F)ccc(C)c2Cl)c1=O. The molecule has 0 bridgehead atoms. The van der Waals surface area contributed by atoms with Crippen LogP contribution in [0.15, 0.2) is 16.9 Å². The lowest BCUT2D eigenvalue weighted by atomic mass is 9.99. The van der Waals surface area contributed by atoms with Crippen LogP contribution in [0.3, 0.4) is 0 Å². The van der Waals surface area contributed by atoms with Crippen LogP contribution in [0.2, 0.25) is 5.02 Å². The highest BCUT2D eigenvalue weighted by molar-refractivity contribution is 6.32. The molecule has 1 aromatic carbocycles. The molecule has 1 aliphatic rings. The minimum atomic E-state index is -0.413. The first-order chi connectivity index (χ1) is 11.5. The first-order valence-corrected chi connectivity index (χ1v) is 8.72. The van der Waals surface area contributed by atoms with Gasteiger partial charge < -0.3 is 5.32 Å². The van der Waals surface area contributed by atoms with Crippen LogP contribution >= 0.6 is 11.6 Å². The second-order valence-electron chi connectivity index (χ2n) is 6.24. The van der Waals surface area contributed by atoms with E-state index >= 15 is 0 Å². The van der Waals surface area contributed by atoms with Gasteiger partial charge in [0.15, 0.2) is 0 Å². The fraction of sp³-hybridized carbons (Fsp3) is 0.529. The van der Waals surface area contributed by atoms with E-state index in [2.05, 4.69) is 10.4 Å². The number of benzene rings is 1. The Labute approximate surface area is 145 Å². The molecule has 1 unspecified atom stereocenters. The zero-order valence-corrected chi connectivity index (χ0v) is 14.7. The van der Waals surface area contributed by atoms with Crippen LogP contribution in [0, 0.1) is 12.7 Å². The van der Waals surface area contributed by atoms with Crippen LogP contribution in [0.25, 0.3) is 0 Å². The molecule has 1 aliphatic heterocycles. The first-order valence-electron chi connectivity index (χ1n) is 8.34. The van der Waals surface area contributed by atoms with Crippen LogP contribution in [-0.2, 0) is 13.1 Å². The molecule has 0 spiro atoms. The summed E-state index contributed by atoms with van der Waals surface area (Å²) in [6.45, 7) is 6.15. The van der Waals surface area contributed by atoms with Gasteiger partial charge in [-0.25, -0.2) is 13.9 Å². The molecule has 5 nitrogen and oxygen atoms in total. The molecule has 24 heavy (non-hydrogen) atoms. The maximum atomic E-state index is 14.1. The molecule has 1 saturated heterocycles. The topological polar surface area (TPSA) is 51.9 Å². The van der Waals surface area contributed by atoms with Crippen LogP contribution in [0.4, 0.5) is 4.39 Å². The summed E-state index contributed by atoms with van der Waals surface area (Å²) in [6.07, 6.45) is 2.07. The van der Waals surface area contributed by atoms with E-state index in [9.17, 15) is 9.18 Å². The minimum Gasteiger partial charge on any atom is -0.316 e. The summed E-state index contributed by atoms with van der Waals surface area (Å²) in [4.78, 5) is 12.7. The Hall–Kier alpha value is -1.66. The van der Waals surface area contributed by atoms with Crippen molar-refractivity contribution >= 4 is 11.6 Å². The van der Waals surface area contributed by atoms with Crippen LogP contribution in [0.5, 0.6) is 0 Å². The summed E-state index contributed by atoms with van der Waals surface area (Å²) in [5, 5.41) is 8.21. The van der Waals surface area contributed by atoms with E-state index in [0.29, 0.717) is 17.1 Å². The van der Waals surface area contributed by atoms with Crippen molar-refractivity contribution in [2.75, 3.05) is 13.1 Å². The summed E-state index contributed by atoms with van der Waals surface area (Å²) >= 11 is 6.23. The standard InChI is InChI=1S/C17H22ClFN4O/c1-3-22-16(12-5-4-8-20-9-12)21-23(17(22)24)10-13-14(19)7-6-11(2)15(13)18/h6-7,12,20H,3-5,8-10H2,1-2H3. The predicted molar refractivity (Wildman–Crippen MR) is 92.3 cm³/mol. The van der Waals surface area contributed by atoms with Gasteiger partial charge in [0.05, 0.1) is 11.6 Å². The quantitative estimate of drug-likeness (QED) is 0.920. The third-order valence-corrected chi connectivity index (χ3v) is 5.14. The van der Waals surface area contributed by atoms with Crippen LogP contribution < -0.4 is 11.0 Å². The van der Waals surface area contributed by atoms with Crippen molar-refractivity contribution in [3.05, 3.63) is 50.4 Å². The molecule has 0 radical (unpaired) electrons. The van der Waals surface area contributed by atoms with Gasteiger partial charge in [-0.15, -0.1) is 0 Å². The Morgan fingerprint density at radius 3 is 2.92 bits per heavy atom. The van der Waals surface area contributed by atoms with Gasteiger partial charge in [-0.05, 0) is 44.9 Å². The van der Waals surface area contributed by atoms with Crippen LogP contribution in [0.1, 0.15) is 42.6 Å². The average Bonchev–Trinajstić information content (AvgIpc) is 2.91. The molecule has 1 N–H and O–H groups in total. The van der Waals surface area contributed by atoms with Gasteiger partial charge in [0.2, 0.25) is 0 Å². The molecular formula is C17H22ClFN4O. The van der Waals surface area contributed by atoms with E-state index < -0.39 is 5.82 Å². The molecule has 0 saturated carbocycles. The highest BCUT2D eigenvalue weighted by Gasteiger charge is 2.24. The fourth-order valence-electron chi connectivity index (χ4n) is 3.24. The number of halogens is 2. The molecule has 0 aliphatic carbocycles. The maximum Gasteiger partial charge on any atom is 0.346 e. The maximum absolute atomic E-state index is 14.1. The number of aromatic nitrogens is 3. The Bertz CT molecular complexity index is 793. The van der Waals surface area contributed by atoms with Crippen molar-refractivity contribution in [2.24, 2.45) is 0 Å². The van der Waals surface area contributed by atoms with Crippen molar-refractivity contribution in [1.29, 1.82) is 0 Å². The summed E-state index contributed by atoms with van der Waals surface area (Å²) in [5.74, 6) is 0.578. The van der Waals surface area contributed by atoms with Gasteiger partial charge in [0.25, 0.3) is 0 Å². The second kappa shape index (κ2) is 7.07. The van der Waals surface area contributed by atoms with E-state index in [1.807, 2.05) is 13.8 Å². The Kier molecular flexibility index (Phi) is 5.06. The number of hydrogen-bond donors (Lipinski definition) is 1. The Morgan fingerprint density at radius 2 is 2.25 bits per heavy atom. The van der Waals surface area contributed by atoms with Gasteiger partial charge in [-0.3, -0.25) is 4.57 Å². The van der Waals surface area contributed by atoms with Crippen molar-refractivity contribution in [1.82, 2.24) is 19.7 Å². The number of nitrogens with zero attached hydrogens (tertiary/aromatic N) is 3. The molecule has 0 amide bonds. The van der Waals surface area contributed by atoms with Gasteiger partial charge in [0, 0.05) is 24.6 Å². The average molecular weight is 353 g/mol. The smallest absolute Gasteiger partial charge is 0.316 e. The third kappa shape index (κ3) is 3.13. The molecule has 1 fully saturated rings. The van der Waals surface area contributed by atoms with Crippen molar-refractivity contribution in [2.45, 2.75) is 45.7 Å². The fourth-order valence-corrected chi connectivity index (χ4v) is 3.45.